The summed E-state index contributed by atoms with van der Waals surface area (Å²) < 4.78 is 68.4. The van der Waals surface area contributed by atoms with Gasteiger partial charge in [0.2, 0.25) is 0 Å². The molecule has 0 heterocycles. The quantitative estimate of drug-likeness (QED) is 0.0222. The highest BCUT2D eigenvalue weighted by atomic mass is 31.2. The van der Waals surface area contributed by atoms with Crippen LogP contribution in [0.1, 0.15) is 383 Å². The van der Waals surface area contributed by atoms with Crippen molar-refractivity contribution in [2.45, 2.75) is 401 Å². The maximum Gasteiger partial charge on any atom is 0.472 e. The molecule has 0 aliphatic carbocycles. The van der Waals surface area contributed by atoms with E-state index >= 15 is 0 Å². The second-order valence-electron chi connectivity index (χ2n) is 28.8. The lowest BCUT2D eigenvalue weighted by molar-refractivity contribution is -0.161. The zero-order valence-corrected chi connectivity index (χ0v) is 64.1. The first-order valence-corrected chi connectivity index (χ1v) is 42.3. The van der Waals surface area contributed by atoms with Crippen molar-refractivity contribution in [2.24, 2.45) is 23.7 Å². The maximum absolute atomic E-state index is 13.1. The van der Waals surface area contributed by atoms with Crippen molar-refractivity contribution in [1.82, 2.24) is 0 Å². The molecule has 0 fully saturated rings. The van der Waals surface area contributed by atoms with E-state index in [2.05, 4.69) is 55.4 Å². The van der Waals surface area contributed by atoms with E-state index in [1.54, 1.807) is 0 Å². The number of rotatable bonds is 73. The van der Waals surface area contributed by atoms with Crippen molar-refractivity contribution in [1.29, 1.82) is 0 Å². The van der Waals surface area contributed by atoms with Gasteiger partial charge in [-0.15, -0.1) is 0 Å². The molecule has 7 atom stereocenters. The predicted molar refractivity (Wildman–Crippen MR) is 386 cm³/mol. The number of aliphatic hydroxyl groups is 1. The Morgan fingerprint density at radius 3 is 0.747 bits per heavy atom. The van der Waals surface area contributed by atoms with Gasteiger partial charge in [0.25, 0.3) is 0 Å². The molecule has 0 amide bonds. The molecule has 19 heteroatoms. The number of phosphoric acid groups is 2. The van der Waals surface area contributed by atoms with Gasteiger partial charge in [0.15, 0.2) is 12.2 Å². The highest BCUT2D eigenvalue weighted by Crippen LogP contribution is 2.45. The number of hydrogen-bond donors (Lipinski definition) is 3. The standard InChI is InChI=1S/C76H148O17P2/c1-9-68(7)54-46-38-30-24-19-17-15-13-11-12-14-16-18-20-25-31-42-50-58-75(80)93-72(63-87-74(79)57-49-41-35-34-39-47-55-69(8)10-2)65-91-95(84,85)89-61-70(77)60-88-94(82,83)90-64-71(62-86-73(78)56-48-40-33-27-29-37-45-53-67(5)6)92-76(81)59-51-43-32-26-22-21-23-28-36-44-52-66(3)4/h66-72,77H,9-65H2,1-8H3,(H,82,83)(H,84,85)/t68?,69?,70?,71-,72-/m1/s1. The zero-order chi connectivity index (χ0) is 70.3. The average Bonchev–Trinajstić information content (AvgIpc) is 1.30. The van der Waals surface area contributed by atoms with Crippen LogP contribution in [0.25, 0.3) is 0 Å². The molecule has 0 radical (unpaired) electrons. The fraction of sp³-hybridized carbons (Fsp3) is 0.947. The topological polar surface area (TPSA) is 237 Å². The van der Waals surface area contributed by atoms with E-state index in [0.29, 0.717) is 31.6 Å². The second kappa shape index (κ2) is 65.4. The fourth-order valence-electron chi connectivity index (χ4n) is 11.5. The van der Waals surface area contributed by atoms with Crippen LogP contribution in [0.5, 0.6) is 0 Å². The molecule has 0 spiro atoms. The number of aliphatic hydroxyl groups excluding tert-OH is 1. The van der Waals surface area contributed by atoms with Gasteiger partial charge >= 0.3 is 39.5 Å². The number of carbonyl (C=O) groups is 4. The van der Waals surface area contributed by atoms with Crippen LogP contribution in [0.4, 0.5) is 0 Å². The molecule has 0 saturated carbocycles. The molecule has 0 aliphatic heterocycles. The first-order chi connectivity index (χ1) is 45.7. The molecule has 0 aromatic heterocycles. The van der Waals surface area contributed by atoms with E-state index in [1.165, 1.54) is 173 Å². The number of esters is 4. The highest BCUT2D eigenvalue weighted by molar-refractivity contribution is 7.47. The molecule has 564 valence electrons. The van der Waals surface area contributed by atoms with Crippen LogP contribution in [-0.2, 0) is 65.4 Å². The number of hydrogen-bond acceptors (Lipinski definition) is 15. The van der Waals surface area contributed by atoms with Crippen LogP contribution in [0.2, 0.25) is 0 Å². The van der Waals surface area contributed by atoms with E-state index < -0.39 is 97.5 Å². The Kier molecular flexibility index (Phi) is 64.0. The van der Waals surface area contributed by atoms with Crippen molar-refractivity contribution in [3.8, 4) is 0 Å². The normalized spacial score (nSPS) is 14.7. The Labute approximate surface area is 581 Å². The van der Waals surface area contributed by atoms with Gasteiger partial charge in [0.1, 0.15) is 19.3 Å². The number of unbranched alkanes of at least 4 members (excludes halogenated alkanes) is 37. The molecule has 95 heavy (non-hydrogen) atoms. The fourth-order valence-corrected chi connectivity index (χ4v) is 13.1. The largest absolute Gasteiger partial charge is 0.472 e. The summed E-state index contributed by atoms with van der Waals surface area (Å²) in [6, 6.07) is 0. The van der Waals surface area contributed by atoms with Gasteiger partial charge in [-0.1, -0.05) is 331 Å². The Morgan fingerprint density at radius 2 is 0.505 bits per heavy atom. The van der Waals surface area contributed by atoms with Gasteiger partial charge in [-0.3, -0.25) is 37.3 Å². The van der Waals surface area contributed by atoms with Gasteiger partial charge in [-0.05, 0) is 49.4 Å². The third-order valence-corrected chi connectivity index (χ3v) is 20.2. The van der Waals surface area contributed by atoms with E-state index in [4.69, 9.17) is 37.0 Å². The van der Waals surface area contributed by atoms with E-state index in [-0.39, 0.29) is 25.7 Å². The summed E-state index contributed by atoms with van der Waals surface area (Å²) in [6.45, 7) is 14.2. The summed E-state index contributed by atoms with van der Waals surface area (Å²) >= 11 is 0. The SMILES string of the molecule is CCC(C)CCCCCCCCCCCCCCCCCCCCC(=O)O[C@H](COC(=O)CCCCCCCCC(C)CC)COP(=O)(O)OCC(O)COP(=O)(O)OC[C@@H](COC(=O)CCCCCCCCCC(C)C)OC(=O)CCCCCCCCCCCCC(C)C. The Balaban J connectivity index is 5.17. The minimum Gasteiger partial charge on any atom is -0.462 e. The van der Waals surface area contributed by atoms with E-state index in [0.717, 1.165) is 120 Å². The van der Waals surface area contributed by atoms with Gasteiger partial charge in [0.05, 0.1) is 26.4 Å². The second-order valence-corrected chi connectivity index (χ2v) is 31.7. The van der Waals surface area contributed by atoms with E-state index in [9.17, 15) is 43.2 Å². The van der Waals surface area contributed by atoms with Crippen LogP contribution < -0.4 is 0 Å². The van der Waals surface area contributed by atoms with Crippen LogP contribution in [0.3, 0.4) is 0 Å². The first kappa shape index (κ1) is 93.1. The summed E-state index contributed by atoms with van der Waals surface area (Å²) in [6.07, 6.45) is 50.2. The van der Waals surface area contributed by atoms with Gasteiger partial charge in [-0.2, -0.15) is 0 Å². The summed E-state index contributed by atoms with van der Waals surface area (Å²) in [4.78, 5) is 72.7. The number of phosphoric ester groups is 2. The van der Waals surface area contributed by atoms with Crippen LogP contribution in [0.15, 0.2) is 0 Å². The molecular formula is C76H148O17P2. The van der Waals surface area contributed by atoms with Crippen LogP contribution >= 0.6 is 15.6 Å². The summed E-state index contributed by atoms with van der Waals surface area (Å²) in [5.74, 6) is 0.934. The molecule has 0 aliphatic rings. The molecular weight excluding hydrogens is 1250 g/mol. The lowest BCUT2D eigenvalue weighted by Crippen LogP contribution is -2.30. The molecule has 3 N–H and O–H groups in total. The molecule has 0 aromatic rings. The minimum absolute atomic E-state index is 0.105. The summed E-state index contributed by atoms with van der Waals surface area (Å²) in [7, 11) is -9.91. The van der Waals surface area contributed by atoms with Crippen LogP contribution in [-0.4, -0.2) is 96.7 Å². The monoisotopic (exact) mass is 1400 g/mol. The van der Waals surface area contributed by atoms with E-state index in [1.807, 2.05) is 0 Å². The molecule has 0 bridgehead atoms. The minimum atomic E-state index is -4.96. The molecule has 0 rings (SSSR count). The lowest BCUT2D eigenvalue weighted by atomic mass is 9.99. The van der Waals surface area contributed by atoms with Gasteiger partial charge < -0.3 is 33.8 Å². The first-order valence-electron chi connectivity index (χ1n) is 39.3. The van der Waals surface area contributed by atoms with Crippen molar-refractivity contribution < 1.29 is 80.2 Å². The Bertz CT molecular complexity index is 1870. The molecule has 0 aromatic carbocycles. The van der Waals surface area contributed by atoms with Crippen LogP contribution in [0, 0.1) is 23.7 Å². The predicted octanol–water partition coefficient (Wildman–Crippen LogP) is 22.0. The number of ether oxygens (including phenoxy) is 4. The third-order valence-electron chi connectivity index (χ3n) is 18.3. The van der Waals surface area contributed by atoms with Gasteiger partial charge in [-0.25, -0.2) is 9.13 Å². The van der Waals surface area contributed by atoms with Crippen molar-refractivity contribution in [3.05, 3.63) is 0 Å². The highest BCUT2D eigenvalue weighted by Gasteiger charge is 2.30. The third kappa shape index (κ3) is 67.6. The number of carbonyl (C=O) groups excluding carboxylic acids is 4. The molecule has 17 nitrogen and oxygen atoms in total. The van der Waals surface area contributed by atoms with Gasteiger partial charge in [0, 0.05) is 25.7 Å². The van der Waals surface area contributed by atoms with Crippen molar-refractivity contribution in [2.75, 3.05) is 39.6 Å². The lowest BCUT2D eigenvalue weighted by Gasteiger charge is -2.21. The van der Waals surface area contributed by atoms with Crippen molar-refractivity contribution >= 4 is 39.5 Å². The molecule has 0 saturated heterocycles. The molecule has 5 unspecified atom stereocenters. The smallest absolute Gasteiger partial charge is 0.462 e. The summed E-state index contributed by atoms with van der Waals surface area (Å²) in [5, 5.41) is 10.6. The summed E-state index contributed by atoms with van der Waals surface area (Å²) in [5.41, 5.74) is 0. The maximum atomic E-state index is 13.1. The average molecular weight is 1400 g/mol. The zero-order valence-electron chi connectivity index (χ0n) is 62.3. The Morgan fingerprint density at radius 1 is 0.295 bits per heavy atom. The van der Waals surface area contributed by atoms with Crippen molar-refractivity contribution in [3.63, 3.8) is 0 Å². The Hall–Kier alpha value is -1.94.